The Bertz CT molecular complexity index is 614. The minimum Gasteiger partial charge on any atom is -0.460 e. The van der Waals surface area contributed by atoms with Gasteiger partial charge in [-0.15, -0.1) is 0 Å². The van der Waals surface area contributed by atoms with E-state index in [0.29, 0.717) is 26.4 Å². The highest BCUT2D eigenvalue weighted by atomic mass is 28.4. The van der Waals surface area contributed by atoms with Crippen molar-refractivity contribution in [2.24, 2.45) is 0 Å². The van der Waals surface area contributed by atoms with Crippen LogP contribution in [0.3, 0.4) is 0 Å². The molecule has 0 atom stereocenters. The summed E-state index contributed by atoms with van der Waals surface area (Å²) in [5.41, 5.74) is 0. The second-order valence-corrected chi connectivity index (χ2v) is 30.2. The van der Waals surface area contributed by atoms with Crippen LogP contribution >= 0.6 is 0 Å². The Morgan fingerprint density at radius 1 is 0.528 bits per heavy atom. The van der Waals surface area contributed by atoms with Crippen molar-refractivity contribution in [3.63, 3.8) is 0 Å². The van der Waals surface area contributed by atoms with Gasteiger partial charge in [-0.2, -0.15) is 0 Å². The first kappa shape index (κ1) is 35.4. The maximum atomic E-state index is 11.7. The third kappa shape index (κ3) is 23.8. The largest absolute Gasteiger partial charge is 0.460 e. The molecule has 212 valence electrons. The summed E-state index contributed by atoms with van der Waals surface area (Å²) in [6, 6.07) is 2.08. The summed E-state index contributed by atoms with van der Waals surface area (Å²) in [5.74, 6) is -1.20. The molecular formula is C24H52O8Si4. The Morgan fingerprint density at radius 3 is 1.17 bits per heavy atom. The average molecular weight is 581 g/mol. The Labute approximate surface area is 223 Å². The summed E-state index contributed by atoms with van der Waals surface area (Å²) >= 11 is 0. The van der Waals surface area contributed by atoms with E-state index in [1.165, 1.54) is 0 Å². The first-order chi connectivity index (χ1) is 16.4. The minimum atomic E-state index is -1.65. The molecule has 0 aliphatic heterocycles. The lowest BCUT2D eigenvalue weighted by molar-refractivity contribution is -0.142. The topological polar surface area (TPSA) is 89.5 Å². The highest BCUT2D eigenvalue weighted by Gasteiger charge is 2.29. The van der Waals surface area contributed by atoms with Crippen LogP contribution in [0.2, 0.25) is 77.6 Å². The number of ether oxygens (including phenoxy) is 4. The molecule has 0 rings (SSSR count). The number of carbonyl (C=O) groups is 2. The molecule has 0 aliphatic rings. The summed E-state index contributed by atoms with van der Waals surface area (Å²) in [6.07, 6.45) is 3.99. The molecule has 0 saturated heterocycles. The molecule has 8 nitrogen and oxygen atoms in total. The van der Waals surface area contributed by atoms with Gasteiger partial charge in [0.05, 0.1) is 13.2 Å². The minimum absolute atomic E-state index is 0.140. The molecule has 0 aromatic carbocycles. The van der Waals surface area contributed by atoms with Gasteiger partial charge in [0, 0.05) is 25.4 Å². The van der Waals surface area contributed by atoms with Crippen molar-refractivity contribution < 1.29 is 36.8 Å². The molecule has 0 aliphatic carbocycles. The zero-order valence-electron chi connectivity index (χ0n) is 24.5. The SMILES string of the molecule is C[Si](C)(C)O[Si](C)(C)CCCOCCOC(=O)C=CC(=O)OCCOCCC[Si](C)(C)O[Si](C)(C)C. The molecular weight excluding hydrogens is 529 g/mol. The van der Waals surface area contributed by atoms with Crippen molar-refractivity contribution in [1.82, 2.24) is 0 Å². The molecule has 0 spiro atoms. The highest BCUT2D eigenvalue weighted by molar-refractivity contribution is 6.84. The number of rotatable bonds is 20. The fourth-order valence-corrected chi connectivity index (χ4v) is 19.9. The summed E-state index contributed by atoms with van der Waals surface area (Å²) < 4.78 is 33.7. The van der Waals surface area contributed by atoms with Crippen molar-refractivity contribution in [3.05, 3.63) is 12.2 Å². The summed E-state index contributed by atoms with van der Waals surface area (Å²) in [7, 11) is -6.32. The van der Waals surface area contributed by atoms with Crippen LogP contribution in [0.25, 0.3) is 0 Å². The Morgan fingerprint density at radius 2 is 0.861 bits per heavy atom. The number of carbonyl (C=O) groups excluding carboxylic acids is 2. The fourth-order valence-electron chi connectivity index (χ4n) is 3.80. The maximum absolute atomic E-state index is 11.7. The van der Waals surface area contributed by atoms with E-state index in [4.69, 9.17) is 27.2 Å². The molecule has 0 fully saturated rings. The summed E-state index contributed by atoms with van der Waals surface area (Å²) in [5, 5.41) is 0. The highest BCUT2D eigenvalue weighted by Crippen LogP contribution is 2.20. The molecule has 0 radical (unpaired) electrons. The first-order valence-electron chi connectivity index (χ1n) is 13.0. The van der Waals surface area contributed by atoms with Crippen molar-refractivity contribution >= 4 is 45.2 Å². The fraction of sp³-hybridized carbons (Fsp3) is 0.833. The average Bonchev–Trinajstić information content (AvgIpc) is 2.67. The van der Waals surface area contributed by atoms with Crippen molar-refractivity contribution in [2.45, 2.75) is 90.4 Å². The van der Waals surface area contributed by atoms with Crippen LogP contribution in [0.15, 0.2) is 12.2 Å². The Kier molecular flexibility index (Phi) is 16.8. The molecule has 0 unspecified atom stereocenters. The van der Waals surface area contributed by atoms with Gasteiger partial charge in [-0.1, -0.05) is 0 Å². The first-order valence-corrected chi connectivity index (χ1v) is 26.0. The molecule has 0 amide bonds. The molecule has 0 saturated carbocycles. The van der Waals surface area contributed by atoms with Gasteiger partial charge in [-0.25, -0.2) is 9.59 Å². The lowest BCUT2D eigenvalue weighted by atomic mass is 10.5. The lowest BCUT2D eigenvalue weighted by Gasteiger charge is -2.31. The quantitative estimate of drug-likeness (QED) is 0.0801. The van der Waals surface area contributed by atoms with E-state index in [1.54, 1.807) is 0 Å². The Balaban J connectivity index is 3.78. The van der Waals surface area contributed by atoms with Gasteiger partial charge in [0.25, 0.3) is 0 Å². The predicted octanol–water partition coefficient (Wildman–Crippen LogP) is 5.56. The van der Waals surface area contributed by atoms with Crippen LogP contribution < -0.4 is 0 Å². The van der Waals surface area contributed by atoms with Gasteiger partial charge in [0.1, 0.15) is 13.2 Å². The molecule has 12 heteroatoms. The third-order valence-electron chi connectivity index (χ3n) is 4.60. The van der Waals surface area contributed by atoms with Crippen LogP contribution in [0, 0.1) is 0 Å². The second-order valence-electron chi connectivity index (χ2n) is 12.0. The molecule has 0 aromatic rings. The standard InChI is InChI=1S/C24H52O8Si4/c1-33(2,3)31-35(7,8)21-11-15-27-17-19-29-23(25)13-14-24(26)30-20-18-28-16-12-22-36(9,10)32-34(4,5)6/h13-14H,11-12,15-22H2,1-10H3. The van der Waals surface area contributed by atoms with Gasteiger partial charge < -0.3 is 27.2 Å². The van der Waals surface area contributed by atoms with Gasteiger partial charge in [0.2, 0.25) is 0 Å². The second kappa shape index (κ2) is 17.1. The van der Waals surface area contributed by atoms with Crippen LogP contribution in [-0.4, -0.2) is 84.8 Å². The van der Waals surface area contributed by atoms with Crippen molar-refractivity contribution in [3.8, 4) is 0 Å². The zero-order chi connectivity index (χ0) is 27.9. The van der Waals surface area contributed by atoms with Crippen LogP contribution in [0.1, 0.15) is 12.8 Å². The third-order valence-corrected chi connectivity index (χ3v) is 17.0. The Hall–Kier alpha value is -0.612. The summed E-state index contributed by atoms with van der Waals surface area (Å²) in [6.45, 7) is 24.4. The van der Waals surface area contributed by atoms with E-state index in [0.717, 1.165) is 37.1 Å². The summed E-state index contributed by atoms with van der Waals surface area (Å²) in [4.78, 5) is 23.4. The predicted molar refractivity (Wildman–Crippen MR) is 155 cm³/mol. The van der Waals surface area contributed by atoms with Crippen molar-refractivity contribution in [2.75, 3.05) is 39.6 Å². The normalized spacial score (nSPS) is 13.3. The molecule has 0 heterocycles. The van der Waals surface area contributed by atoms with E-state index >= 15 is 0 Å². The number of hydrogen-bond acceptors (Lipinski definition) is 8. The smallest absolute Gasteiger partial charge is 0.331 e. The molecule has 36 heavy (non-hydrogen) atoms. The molecule has 0 N–H and O–H groups in total. The van der Waals surface area contributed by atoms with E-state index < -0.39 is 45.2 Å². The number of hydrogen-bond donors (Lipinski definition) is 0. The van der Waals surface area contributed by atoms with E-state index in [-0.39, 0.29) is 13.2 Å². The number of esters is 2. The van der Waals surface area contributed by atoms with Gasteiger partial charge in [-0.05, 0) is 90.4 Å². The molecule has 0 aromatic heterocycles. The zero-order valence-corrected chi connectivity index (χ0v) is 28.5. The van der Waals surface area contributed by atoms with Crippen LogP contribution in [-0.2, 0) is 36.8 Å². The van der Waals surface area contributed by atoms with Crippen LogP contribution in [0.4, 0.5) is 0 Å². The van der Waals surface area contributed by atoms with Crippen molar-refractivity contribution in [1.29, 1.82) is 0 Å². The maximum Gasteiger partial charge on any atom is 0.331 e. The lowest BCUT2D eigenvalue weighted by Crippen LogP contribution is -2.42. The van der Waals surface area contributed by atoms with Crippen LogP contribution in [0.5, 0.6) is 0 Å². The van der Waals surface area contributed by atoms with Gasteiger partial charge in [-0.3, -0.25) is 0 Å². The van der Waals surface area contributed by atoms with E-state index in [1.807, 2.05) is 0 Å². The monoisotopic (exact) mass is 580 g/mol. The van der Waals surface area contributed by atoms with Gasteiger partial charge >= 0.3 is 11.9 Å². The van der Waals surface area contributed by atoms with E-state index in [2.05, 4.69) is 65.5 Å². The van der Waals surface area contributed by atoms with E-state index in [9.17, 15) is 9.59 Å². The van der Waals surface area contributed by atoms with Gasteiger partial charge in [0.15, 0.2) is 33.3 Å². The molecule has 0 bridgehead atoms.